The molecule has 6 rings (SSSR count). The molecule has 1 N–H and O–H groups in total. The summed E-state index contributed by atoms with van der Waals surface area (Å²) in [6.45, 7) is 5.62. The number of rotatable bonds is 6. The lowest BCUT2D eigenvalue weighted by molar-refractivity contribution is -0.113. The maximum absolute atomic E-state index is 13.9. The van der Waals surface area contributed by atoms with Crippen molar-refractivity contribution in [2.75, 3.05) is 5.32 Å². The highest BCUT2D eigenvalue weighted by atomic mass is 35.5. The fourth-order valence-electron chi connectivity index (χ4n) is 4.72. The normalized spacial score (nSPS) is 15.0. The van der Waals surface area contributed by atoms with E-state index in [2.05, 4.69) is 20.3 Å². The first-order valence-electron chi connectivity index (χ1n) is 13.0. The molecular formula is C31H24ClN5O3S2. The number of allylic oxidation sites excluding steroid dienone is 1. The number of nitrogens with one attached hydrogen (secondary N) is 1. The van der Waals surface area contributed by atoms with Crippen molar-refractivity contribution in [3.8, 4) is 0 Å². The number of para-hydroxylation sites is 1. The molecule has 0 saturated heterocycles. The third-order valence-electron chi connectivity index (χ3n) is 6.51. The van der Waals surface area contributed by atoms with Crippen molar-refractivity contribution in [3.63, 3.8) is 0 Å². The van der Waals surface area contributed by atoms with Crippen LogP contribution in [0, 0.1) is 13.8 Å². The van der Waals surface area contributed by atoms with Crippen molar-refractivity contribution in [2.45, 2.75) is 37.1 Å². The van der Waals surface area contributed by atoms with Crippen LogP contribution >= 0.6 is 34.7 Å². The Labute approximate surface area is 254 Å². The average molecular weight is 614 g/mol. The van der Waals surface area contributed by atoms with Crippen LogP contribution in [-0.2, 0) is 4.79 Å². The highest BCUT2D eigenvalue weighted by molar-refractivity contribution is 7.99. The number of amides is 1. The number of fused-ring (bicyclic) bond motifs is 1. The zero-order chi connectivity index (χ0) is 29.4. The molecular weight excluding hydrogens is 590 g/mol. The van der Waals surface area contributed by atoms with Crippen molar-refractivity contribution in [1.29, 1.82) is 0 Å². The van der Waals surface area contributed by atoms with Gasteiger partial charge >= 0.3 is 0 Å². The monoisotopic (exact) mass is 613 g/mol. The molecule has 1 amide bonds. The summed E-state index contributed by atoms with van der Waals surface area (Å²) in [5, 5.41) is 4.70. The number of carbonyl (C=O) groups excluding carboxylic acids is 1. The molecule has 3 aromatic heterocycles. The van der Waals surface area contributed by atoms with Gasteiger partial charge in [-0.05, 0) is 80.6 Å². The van der Waals surface area contributed by atoms with Crippen LogP contribution in [0.5, 0.6) is 0 Å². The molecule has 4 heterocycles. The van der Waals surface area contributed by atoms with Gasteiger partial charge in [0.2, 0.25) is 0 Å². The van der Waals surface area contributed by atoms with E-state index in [9.17, 15) is 9.59 Å². The number of benzene rings is 2. The standard InChI is InChI=1S/C31H24ClN5O3S2/c1-17-15-18(2)34-30(33-17)42-25-14-13-23(40-25)16-24-29(39)37-27(20-9-11-21(32)12-10-20)26(19(3)35-31(37)41-24)28(38)36-22-7-5-4-6-8-22/h4-16,27H,1-3H3,(H,36,38)/b24-16+/t27-/m0/s1. The smallest absolute Gasteiger partial charge is 0.271 e. The minimum Gasteiger partial charge on any atom is -0.450 e. The van der Waals surface area contributed by atoms with Crippen LogP contribution in [0.15, 0.2) is 109 Å². The third-order valence-corrected chi connectivity index (χ3v) is 8.53. The molecule has 1 aliphatic heterocycles. The van der Waals surface area contributed by atoms with E-state index in [0.717, 1.165) is 17.0 Å². The molecule has 11 heteroatoms. The van der Waals surface area contributed by atoms with Crippen LogP contribution < -0.4 is 20.2 Å². The summed E-state index contributed by atoms with van der Waals surface area (Å²) in [5.41, 5.74) is 3.77. The van der Waals surface area contributed by atoms with Crippen molar-refractivity contribution in [2.24, 2.45) is 4.99 Å². The predicted octanol–water partition coefficient (Wildman–Crippen LogP) is 5.68. The molecule has 42 heavy (non-hydrogen) atoms. The lowest BCUT2D eigenvalue weighted by atomic mass is 9.95. The summed E-state index contributed by atoms with van der Waals surface area (Å²) in [7, 11) is 0. The van der Waals surface area contributed by atoms with Gasteiger partial charge in [0, 0.05) is 28.2 Å². The number of hydrogen-bond donors (Lipinski definition) is 1. The van der Waals surface area contributed by atoms with Crippen LogP contribution in [0.2, 0.25) is 5.02 Å². The molecule has 0 bridgehead atoms. The van der Waals surface area contributed by atoms with Gasteiger partial charge in [0.25, 0.3) is 11.5 Å². The summed E-state index contributed by atoms with van der Waals surface area (Å²) < 4.78 is 7.99. The van der Waals surface area contributed by atoms with E-state index in [1.807, 2.05) is 68.4 Å². The highest BCUT2D eigenvalue weighted by Gasteiger charge is 2.32. The van der Waals surface area contributed by atoms with Crippen LogP contribution in [0.1, 0.15) is 35.7 Å². The van der Waals surface area contributed by atoms with Gasteiger partial charge in [0.15, 0.2) is 15.1 Å². The van der Waals surface area contributed by atoms with E-state index < -0.39 is 6.04 Å². The van der Waals surface area contributed by atoms with Gasteiger partial charge < -0.3 is 9.73 Å². The van der Waals surface area contributed by atoms with Gasteiger partial charge in [0.1, 0.15) is 5.76 Å². The van der Waals surface area contributed by atoms with Gasteiger partial charge in [-0.25, -0.2) is 15.0 Å². The highest BCUT2D eigenvalue weighted by Crippen LogP contribution is 2.32. The third kappa shape index (κ3) is 5.74. The Morgan fingerprint density at radius 3 is 2.45 bits per heavy atom. The predicted molar refractivity (Wildman–Crippen MR) is 165 cm³/mol. The number of aromatic nitrogens is 3. The second-order valence-corrected chi connectivity index (χ2v) is 12.1. The molecule has 0 saturated carbocycles. The lowest BCUT2D eigenvalue weighted by Crippen LogP contribution is -2.40. The van der Waals surface area contributed by atoms with Crippen LogP contribution in [0.4, 0.5) is 5.69 Å². The Kier molecular flexibility index (Phi) is 7.68. The lowest BCUT2D eigenvalue weighted by Gasteiger charge is -2.25. The summed E-state index contributed by atoms with van der Waals surface area (Å²) in [6, 6.07) is 21.1. The zero-order valence-electron chi connectivity index (χ0n) is 22.8. The fourth-order valence-corrected chi connectivity index (χ4v) is 6.70. The number of carbonyl (C=O) groups is 1. The molecule has 0 spiro atoms. The Bertz CT molecular complexity index is 2010. The molecule has 1 atom stereocenters. The SMILES string of the molecule is CC1=C(C(=O)Nc2ccccc2)[C@H](c2ccc(Cl)cc2)n2c(s/c(=C/c3ccc(Sc4nc(C)cc(C)n4)o3)c2=O)=N1. The topological polar surface area (TPSA) is 102 Å². The second kappa shape index (κ2) is 11.6. The van der Waals surface area contributed by atoms with E-state index in [-0.39, 0.29) is 11.5 Å². The van der Waals surface area contributed by atoms with Gasteiger partial charge in [-0.3, -0.25) is 14.2 Å². The number of nitrogens with zero attached hydrogens (tertiary/aromatic N) is 4. The number of aryl methyl sites for hydroxylation is 2. The molecule has 8 nitrogen and oxygen atoms in total. The van der Waals surface area contributed by atoms with E-state index >= 15 is 0 Å². The van der Waals surface area contributed by atoms with Crippen molar-refractivity contribution >= 4 is 52.4 Å². The Hall–Kier alpha value is -4.25. The molecule has 1 aliphatic rings. The van der Waals surface area contributed by atoms with E-state index in [1.54, 1.807) is 35.8 Å². The summed E-state index contributed by atoms with van der Waals surface area (Å²) in [4.78, 5) is 41.6. The fraction of sp³-hybridized carbons (Fsp3) is 0.129. The van der Waals surface area contributed by atoms with Gasteiger partial charge in [-0.2, -0.15) is 0 Å². The van der Waals surface area contributed by atoms with Crippen LogP contribution in [0.25, 0.3) is 6.08 Å². The first kappa shape index (κ1) is 27.9. The molecule has 2 aromatic carbocycles. The van der Waals surface area contributed by atoms with E-state index in [0.29, 0.717) is 47.3 Å². The quantitative estimate of drug-likeness (QED) is 0.247. The van der Waals surface area contributed by atoms with E-state index in [1.165, 1.54) is 23.1 Å². The van der Waals surface area contributed by atoms with Crippen LogP contribution in [-0.4, -0.2) is 20.4 Å². The number of anilines is 1. The van der Waals surface area contributed by atoms with Gasteiger partial charge in [-0.1, -0.05) is 53.3 Å². The number of thiazole rings is 1. The van der Waals surface area contributed by atoms with Crippen molar-refractivity contribution in [3.05, 3.63) is 131 Å². The minimum absolute atomic E-state index is 0.278. The Balaban J connectivity index is 1.40. The number of furan rings is 1. The van der Waals surface area contributed by atoms with Crippen LogP contribution in [0.3, 0.4) is 0 Å². The second-order valence-electron chi connectivity index (χ2n) is 9.65. The maximum Gasteiger partial charge on any atom is 0.271 e. The summed E-state index contributed by atoms with van der Waals surface area (Å²) >= 11 is 8.73. The van der Waals surface area contributed by atoms with Crippen molar-refractivity contribution in [1.82, 2.24) is 14.5 Å². The first-order chi connectivity index (χ1) is 20.2. The molecule has 210 valence electrons. The Morgan fingerprint density at radius 2 is 1.74 bits per heavy atom. The molecule has 0 aliphatic carbocycles. The number of halogens is 1. The molecule has 0 fully saturated rings. The summed E-state index contributed by atoms with van der Waals surface area (Å²) in [5.74, 6) is 0.172. The average Bonchev–Trinajstić information content (AvgIpc) is 3.51. The molecule has 0 unspecified atom stereocenters. The molecule has 5 aromatic rings. The largest absolute Gasteiger partial charge is 0.450 e. The zero-order valence-corrected chi connectivity index (χ0v) is 25.2. The number of hydrogen-bond acceptors (Lipinski definition) is 8. The molecule has 0 radical (unpaired) electrons. The maximum atomic E-state index is 13.9. The van der Waals surface area contributed by atoms with Crippen molar-refractivity contribution < 1.29 is 9.21 Å². The first-order valence-corrected chi connectivity index (χ1v) is 15.0. The van der Waals surface area contributed by atoms with Gasteiger partial charge in [-0.15, -0.1) is 0 Å². The Morgan fingerprint density at radius 1 is 1.02 bits per heavy atom. The van der Waals surface area contributed by atoms with E-state index in [4.69, 9.17) is 16.0 Å². The van der Waals surface area contributed by atoms with Gasteiger partial charge in [0.05, 0.1) is 21.8 Å². The minimum atomic E-state index is -0.700. The summed E-state index contributed by atoms with van der Waals surface area (Å²) in [6.07, 6.45) is 1.69.